The smallest absolute Gasteiger partial charge is 0.244 e. The van der Waals surface area contributed by atoms with Crippen LogP contribution in [0, 0.1) is 0 Å². The normalized spacial score (nSPS) is 25.2. The number of fused-ring (bicyclic) bond motifs is 1. The van der Waals surface area contributed by atoms with Crippen molar-refractivity contribution in [2.75, 3.05) is 27.4 Å². The van der Waals surface area contributed by atoms with Crippen LogP contribution in [0.1, 0.15) is 37.4 Å². The van der Waals surface area contributed by atoms with Crippen LogP contribution >= 0.6 is 0 Å². The van der Waals surface area contributed by atoms with Crippen molar-refractivity contribution in [2.24, 2.45) is 0 Å². The molecule has 2 heterocycles. The lowest BCUT2D eigenvalue weighted by Gasteiger charge is -2.25. The second-order valence-electron chi connectivity index (χ2n) is 6.50. The highest BCUT2D eigenvalue weighted by Crippen LogP contribution is 2.45. The van der Waals surface area contributed by atoms with Crippen LogP contribution in [0.25, 0.3) is 0 Å². The minimum atomic E-state index is -0.389. The molecule has 3 aliphatic rings. The Hall–Kier alpha value is -1.95. The number of benzene rings is 1. The minimum Gasteiger partial charge on any atom is -0.493 e. The van der Waals surface area contributed by atoms with Crippen LogP contribution < -0.4 is 19.5 Å². The zero-order valence-electron chi connectivity index (χ0n) is 13.6. The van der Waals surface area contributed by atoms with E-state index in [0.717, 1.165) is 31.2 Å². The molecular weight excluding hydrogens is 296 g/mol. The Balaban J connectivity index is 1.72. The standard InChI is InChI=1S/C17H22N2O4/c1-19-15(18-17(16(19)20)5-3-4-6-17)11-9-12(21-2)14-13(10-11)22-7-8-23-14/h9-10,15,18H,3-8H2,1-2H3/t15-/m0/s1. The van der Waals surface area contributed by atoms with E-state index >= 15 is 0 Å². The number of carbonyl (C=O) groups excluding carboxylic acids is 1. The van der Waals surface area contributed by atoms with Crippen LogP contribution in [-0.4, -0.2) is 43.7 Å². The van der Waals surface area contributed by atoms with E-state index in [1.807, 2.05) is 19.2 Å². The van der Waals surface area contributed by atoms with E-state index in [4.69, 9.17) is 14.2 Å². The fourth-order valence-electron chi connectivity index (χ4n) is 3.97. The third-order valence-corrected chi connectivity index (χ3v) is 5.15. The lowest BCUT2D eigenvalue weighted by atomic mass is 9.98. The van der Waals surface area contributed by atoms with Gasteiger partial charge in [0.05, 0.1) is 12.6 Å². The molecule has 0 radical (unpaired) electrons. The maximum absolute atomic E-state index is 12.7. The molecule has 1 atom stereocenters. The quantitative estimate of drug-likeness (QED) is 0.901. The Morgan fingerprint density at radius 2 is 2.00 bits per heavy atom. The van der Waals surface area contributed by atoms with E-state index in [0.29, 0.717) is 30.5 Å². The molecule has 1 aromatic rings. The monoisotopic (exact) mass is 318 g/mol. The summed E-state index contributed by atoms with van der Waals surface area (Å²) in [6.07, 6.45) is 3.86. The maximum Gasteiger partial charge on any atom is 0.244 e. The fourth-order valence-corrected chi connectivity index (χ4v) is 3.97. The molecule has 2 fully saturated rings. The lowest BCUT2D eigenvalue weighted by molar-refractivity contribution is -0.132. The predicted octanol–water partition coefficient (Wildman–Crippen LogP) is 1.84. The Morgan fingerprint density at radius 1 is 1.26 bits per heavy atom. The molecule has 1 saturated carbocycles. The van der Waals surface area contributed by atoms with Gasteiger partial charge in [-0.15, -0.1) is 0 Å². The van der Waals surface area contributed by atoms with Crippen LogP contribution in [0.5, 0.6) is 17.2 Å². The number of amides is 1. The van der Waals surface area contributed by atoms with E-state index in [1.54, 1.807) is 12.0 Å². The molecule has 6 nitrogen and oxygen atoms in total. The number of rotatable bonds is 2. The summed E-state index contributed by atoms with van der Waals surface area (Å²) < 4.78 is 16.8. The highest BCUT2D eigenvalue weighted by Gasteiger charge is 2.51. The molecule has 0 unspecified atom stereocenters. The second-order valence-corrected chi connectivity index (χ2v) is 6.50. The number of likely N-dealkylation sites (N-methyl/N-ethyl adjacent to an activating group) is 1. The maximum atomic E-state index is 12.7. The molecule has 1 saturated heterocycles. The van der Waals surface area contributed by atoms with Crippen molar-refractivity contribution < 1.29 is 19.0 Å². The zero-order chi connectivity index (χ0) is 16.0. The van der Waals surface area contributed by atoms with E-state index in [2.05, 4.69) is 5.32 Å². The van der Waals surface area contributed by atoms with Gasteiger partial charge in [-0.05, 0) is 30.5 Å². The summed E-state index contributed by atoms with van der Waals surface area (Å²) in [4.78, 5) is 14.5. The Kier molecular flexibility index (Phi) is 3.37. The molecule has 6 heteroatoms. The summed E-state index contributed by atoms with van der Waals surface area (Å²) in [6.45, 7) is 1.04. The van der Waals surface area contributed by atoms with Crippen LogP contribution in [0.15, 0.2) is 12.1 Å². The number of nitrogens with one attached hydrogen (secondary N) is 1. The van der Waals surface area contributed by atoms with Crippen molar-refractivity contribution in [3.8, 4) is 17.2 Å². The van der Waals surface area contributed by atoms with Gasteiger partial charge in [-0.1, -0.05) is 12.8 Å². The third-order valence-electron chi connectivity index (χ3n) is 5.15. The molecule has 4 rings (SSSR count). The van der Waals surface area contributed by atoms with Crippen molar-refractivity contribution in [3.63, 3.8) is 0 Å². The number of hydrogen-bond acceptors (Lipinski definition) is 5. The molecule has 23 heavy (non-hydrogen) atoms. The minimum absolute atomic E-state index is 0.162. The molecule has 2 aliphatic heterocycles. The average Bonchev–Trinajstić information content (AvgIpc) is 3.15. The van der Waals surface area contributed by atoms with Crippen molar-refractivity contribution in [1.82, 2.24) is 10.2 Å². The first-order valence-corrected chi connectivity index (χ1v) is 8.17. The van der Waals surface area contributed by atoms with Gasteiger partial charge in [-0.2, -0.15) is 0 Å². The van der Waals surface area contributed by atoms with Crippen LogP contribution in [0.4, 0.5) is 0 Å². The molecule has 0 aromatic heterocycles. The van der Waals surface area contributed by atoms with E-state index in [9.17, 15) is 4.79 Å². The van der Waals surface area contributed by atoms with Crippen LogP contribution in [0.2, 0.25) is 0 Å². The Bertz CT molecular complexity index is 622. The summed E-state index contributed by atoms with van der Waals surface area (Å²) >= 11 is 0. The van der Waals surface area contributed by atoms with Gasteiger partial charge in [-0.25, -0.2) is 0 Å². The summed E-state index contributed by atoms with van der Waals surface area (Å²) in [5, 5.41) is 3.56. The molecular formula is C17H22N2O4. The lowest BCUT2D eigenvalue weighted by Crippen LogP contribution is -2.43. The van der Waals surface area contributed by atoms with Gasteiger partial charge in [0.25, 0.3) is 0 Å². The third kappa shape index (κ3) is 2.16. The number of ether oxygens (including phenoxy) is 3. The van der Waals surface area contributed by atoms with Gasteiger partial charge >= 0.3 is 0 Å². The molecule has 124 valence electrons. The molecule has 1 aromatic carbocycles. The van der Waals surface area contributed by atoms with Crippen LogP contribution in [0.3, 0.4) is 0 Å². The summed E-state index contributed by atoms with van der Waals surface area (Å²) in [7, 11) is 3.48. The van der Waals surface area contributed by atoms with Gasteiger partial charge in [0.15, 0.2) is 11.5 Å². The summed E-state index contributed by atoms with van der Waals surface area (Å²) in [6, 6.07) is 3.88. The van der Waals surface area contributed by atoms with Crippen LogP contribution in [-0.2, 0) is 4.79 Å². The highest BCUT2D eigenvalue weighted by atomic mass is 16.6. The van der Waals surface area contributed by atoms with Gasteiger partial charge in [0.2, 0.25) is 11.7 Å². The van der Waals surface area contributed by atoms with Gasteiger partial charge < -0.3 is 19.1 Å². The topological polar surface area (TPSA) is 60.0 Å². The Labute approximate surface area is 135 Å². The zero-order valence-corrected chi connectivity index (χ0v) is 13.6. The molecule has 1 N–H and O–H groups in total. The Morgan fingerprint density at radius 3 is 2.74 bits per heavy atom. The number of nitrogens with zero attached hydrogens (tertiary/aromatic N) is 1. The van der Waals surface area contributed by atoms with Crippen molar-refractivity contribution in [2.45, 2.75) is 37.4 Å². The summed E-state index contributed by atoms with van der Waals surface area (Å²) in [5.74, 6) is 2.16. The van der Waals surface area contributed by atoms with Gasteiger partial charge in [0, 0.05) is 7.05 Å². The summed E-state index contributed by atoms with van der Waals surface area (Å²) in [5.41, 5.74) is 0.575. The largest absolute Gasteiger partial charge is 0.493 e. The van der Waals surface area contributed by atoms with Crippen molar-refractivity contribution in [3.05, 3.63) is 17.7 Å². The van der Waals surface area contributed by atoms with Gasteiger partial charge in [-0.3, -0.25) is 10.1 Å². The average molecular weight is 318 g/mol. The first-order chi connectivity index (χ1) is 11.1. The number of methoxy groups -OCH3 is 1. The molecule has 1 amide bonds. The molecule has 1 aliphatic carbocycles. The predicted molar refractivity (Wildman–Crippen MR) is 83.8 cm³/mol. The van der Waals surface area contributed by atoms with E-state index < -0.39 is 0 Å². The highest BCUT2D eigenvalue weighted by molar-refractivity contribution is 5.89. The molecule has 1 spiro atoms. The fraction of sp³-hybridized carbons (Fsp3) is 0.588. The van der Waals surface area contributed by atoms with Crippen molar-refractivity contribution in [1.29, 1.82) is 0 Å². The van der Waals surface area contributed by atoms with Gasteiger partial charge in [0.1, 0.15) is 19.4 Å². The first kappa shape index (κ1) is 14.6. The first-order valence-electron chi connectivity index (χ1n) is 8.17. The number of hydrogen-bond donors (Lipinski definition) is 1. The van der Waals surface area contributed by atoms with E-state index in [-0.39, 0.29) is 17.6 Å². The molecule has 0 bridgehead atoms. The van der Waals surface area contributed by atoms with Crippen molar-refractivity contribution >= 4 is 5.91 Å². The van der Waals surface area contributed by atoms with E-state index in [1.165, 1.54) is 0 Å². The number of carbonyl (C=O) groups is 1. The SMILES string of the molecule is COc1cc([C@H]2NC3(CCCC3)C(=O)N2C)cc2c1OCCO2. The second kappa shape index (κ2) is 5.30.